The van der Waals surface area contributed by atoms with Crippen molar-refractivity contribution in [3.05, 3.63) is 0 Å². The molecule has 4 nitrogen and oxygen atoms in total. The normalized spacial score (nSPS) is 29.7. The van der Waals surface area contributed by atoms with Crippen LogP contribution in [0.5, 0.6) is 0 Å². The van der Waals surface area contributed by atoms with Gasteiger partial charge in [-0.15, -0.1) is 0 Å². The summed E-state index contributed by atoms with van der Waals surface area (Å²) in [7, 11) is 3.73. The fourth-order valence-corrected chi connectivity index (χ4v) is 3.31. The lowest BCUT2D eigenvalue weighted by Gasteiger charge is -2.38. The predicted octanol–water partition coefficient (Wildman–Crippen LogP) is 1.34. The summed E-state index contributed by atoms with van der Waals surface area (Å²) < 4.78 is 4.98. The van der Waals surface area contributed by atoms with E-state index in [2.05, 4.69) is 31.1 Å². The fraction of sp³-hybridized carbons (Fsp3) is 1.00. The number of aliphatic hydroxyl groups is 1. The lowest BCUT2D eigenvalue weighted by atomic mass is 9.78. The molecule has 0 heterocycles. The van der Waals surface area contributed by atoms with Crippen LogP contribution in [0.3, 0.4) is 0 Å². The van der Waals surface area contributed by atoms with Crippen molar-refractivity contribution in [3.8, 4) is 0 Å². The van der Waals surface area contributed by atoms with Crippen molar-refractivity contribution in [3.63, 3.8) is 0 Å². The van der Waals surface area contributed by atoms with Gasteiger partial charge in [0.05, 0.1) is 12.7 Å². The van der Waals surface area contributed by atoms with E-state index in [9.17, 15) is 5.11 Å². The van der Waals surface area contributed by atoms with E-state index >= 15 is 0 Å². The number of hydrogen-bond donors (Lipinski definition) is 2. The maximum atomic E-state index is 9.79. The highest BCUT2D eigenvalue weighted by Crippen LogP contribution is 2.29. The average molecular weight is 272 g/mol. The van der Waals surface area contributed by atoms with Crippen molar-refractivity contribution in [2.45, 2.75) is 45.3 Å². The number of hydrogen-bond acceptors (Lipinski definition) is 4. The summed E-state index contributed by atoms with van der Waals surface area (Å²) in [5, 5.41) is 13.4. The van der Waals surface area contributed by atoms with Gasteiger partial charge in [-0.05, 0) is 44.7 Å². The van der Waals surface area contributed by atoms with Crippen molar-refractivity contribution in [2.24, 2.45) is 11.8 Å². The van der Waals surface area contributed by atoms with Crippen LogP contribution in [0.25, 0.3) is 0 Å². The first kappa shape index (κ1) is 16.9. The first-order valence-corrected chi connectivity index (χ1v) is 7.65. The molecule has 4 atom stereocenters. The fourth-order valence-electron chi connectivity index (χ4n) is 3.31. The van der Waals surface area contributed by atoms with Crippen molar-refractivity contribution < 1.29 is 9.84 Å². The minimum atomic E-state index is -0.381. The van der Waals surface area contributed by atoms with Gasteiger partial charge in [-0.3, -0.25) is 0 Å². The predicted molar refractivity (Wildman–Crippen MR) is 79.3 cm³/mol. The van der Waals surface area contributed by atoms with E-state index in [1.807, 2.05) is 0 Å². The molecule has 1 aliphatic rings. The van der Waals surface area contributed by atoms with Crippen LogP contribution in [0.4, 0.5) is 0 Å². The Morgan fingerprint density at radius 1 is 1.42 bits per heavy atom. The minimum Gasteiger partial charge on any atom is -0.389 e. The summed E-state index contributed by atoms with van der Waals surface area (Å²) >= 11 is 0. The quantitative estimate of drug-likeness (QED) is 0.700. The molecule has 4 heteroatoms. The molecule has 1 saturated carbocycles. The van der Waals surface area contributed by atoms with Gasteiger partial charge in [0.1, 0.15) is 0 Å². The molecule has 1 aliphatic carbocycles. The van der Waals surface area contributed by atoms with E-state index in [1.54, 1.807) is 7.11 Å². The molecular formula is C15H32N2O2. The Labute approximate surface area is 118 Å². The number of nitrogens with one attached hydrogen (secondary N) is 1. The summed E-state index contributed by atoms with van der Waals surface area (Å²) in [5.74, 6) is 1.53. The van der Waals surface area contributed by atoms with Crippen LogP contribution in [-0.2, 0) is 4.74 Å². The smallest absolute Gasteiger partial charge is 0.0899 e. The molecular weight excluding hydrogens is 240 g/mol. The summed E-state index contributed by atoms with van der Waals surface area (Å²) in [5.41, 5.74) is 0. The molecule has 0 amide bonds. The Morgan fingerprint density at radius 2 is 2.16 bits per heavy atom. The van der Waals surface area contributed by atoms with Gasteiger partial charge in [0, 0.05) is 26.2 Å². The molecule has 0 aromatic rings. The molecule has 0 saturated heterocycles. The summed E-state index contributed by atoms with van der Waals surface area (Å²) in [6.45, 7) is 7.75. The molecule has 114 valence electrons. The van der Waals surface area contributed by atoms with Gasteiger partial charge in [0.25, 0.3) is 0 Å². The van der Waals surface area contributed by atoms with Crippen LogP contribution in [0.1, 0.15) is 33.1 Å². The summed E-state index contributed by atoms with van der Waals surface area (Å²) in [4.78, 5) is 2.25. The second-order valence-corrected chi connectivity index (χ2v) is 6.17. The highest BCUT2D eigenvalue weighted by molar-refractivity contribution is 4.85. The molecule has 0 aromatic heterocycles. The number of ether oxygens (including phenoxy) is 1. The number of methoxy groups -OCH3 is 1. The lowest BCUT2D eigenvalue weighted by Crippen LogP contribution is -2.46. The second-order valence-electron chi connectivity index (χ2n) is 6.17. The third kappa shape index (κ3) is 6.21. The van der Waals surface area contributed by atoms with Crippen LogP contribution in [0, 0.1) is 11.8 Å². The molecule has 0 aliphatic heterocycles. The van der Waals surface area contributed by atoms with Crippen LogP contribution in [0.2, 0.25) is 0 Å². The Kier molecular flexibility index (Phi) is 7.91. The van der Waals surface area contributed by atoms with E-state index in [0.29, 0.717) is 25.1 Å². The number of aliphatic hydroxyl groups excluding tert-OH is 1. The van der Waals surface area contributed by atoms with E-state index < -0.39 is 0 Å². The zero-order valence-electron chi connectivity index (χ0n) is 13.1. The third-order valence-corrected chi connectivity index (χ3v) is 4.14. The molecule has 19 heavy (non-hydrogen) atoms. The van der Waals surface area contributed by atoms with Gasteiger partial charge >= 0.3 is 0 Å². The van der Waals surface area contributed by atoms with Gasteiger partial charge in [-0.2, -0.15) is 0 Å². The van der Waals surface area contributed by atoms with E-state index in [0.717, 1.165) is 19.0 Å². The van der Waals surface area contributed by atoms with Crippen molar-refractivity contribution >= 4 is 0 Å². The molecule has 2 N–H and O–H groups in total. The Balaban J connectivity index is 2.41. The Bertz CT molecular complexity index is 238. The number of likely N-dealkylation sites (N-methyl/N-ethyl adjacent to an activating group) is 1. The van der Waals surface area contributed by atoms with Crippen LogP contribution in [-0.4, -0.2) is 62.6 Å². The minimum absolute atomic E-state index is 0.381. The molecule has 0 spiro atoms. The Morgan fingerprint density at radius 3 is 2.79 bits per heavy atom. The van der Waals surface area contributed by atoms with Gasteiger partial charge in [-0.1, -0.05) is 13.8 Å². The molecule has 4 unspecified atom stereocenters. The summed E-state index contributed by atoms with van der Waals surface area (Å²) in [6, 6.07) is 0.642. The first-order valence-electron chi connectivity index (χ1n) is 7.65. The average Bonchev–Trinajstić information content (AvgIpc) is 2.32. The molecule has 1 fully saturated rings. The second kappa shape index (κ2) is 8.90. The standard InChI is InChI=1S/C15H32N2O2/c1-5-16-15-7-6-12(2)8-13(15)9-17(3)10-14(18)11-19-4/h12-16,18H,5-11H2,1-4H3. The molecule has 0 bridgehead atoms. The largest absolute Gasteiger partial charge is 0.389 e. The topological polar surface area (TPSA) is 44.7 Å². The highest BCUT2D eigenvalue weighted by Gasteiger charge is 2.29. The van der Waals surface area contributed by atoms with Crippen LogP contribution >= 0.6 is 0 Å². The van der Waals surface area contributed by atoms with Gasteiger partial charge in [0.15, 0.2) is 0 Å². The van der Waals surface area contributed by atoms with Crippen LogP contribution in [0.15, 0.2) is 0 Å². The number of nitrogens with zero attached hydrogens (tertiary/aromatic N) is 1. The first-order chi connectivity index (χ1) is 9.06. The van der Waals surface area contributed by atoms with E-state index in [1.165, 1.54) is 19.3 Å². The van der Waals surface area contributed by atoms with Crippen molar-refractivity contribution in [2.75, 3.05) is 40.4 Å². The SMILES string of the molecule is CCNC1CCC(C)CC1CN(C)CC(O)COC. The van der Waals surface area contributed by atoms with Crippen LogP contribution < -0.4 is 5.32 Å². The maximum Gasteiger partial charge on any atom is 0.0899 e. The van der Waals surface area contributed by atoms with Gasteiger partial charge in [0.2, 0.25) is 0 Å². The Hall–Kier alpha value is -0.160. The zero-order valence-corrected chi connectivity index (χ0v) is 13.1. The third-order valence-electron chi connectivity index (χ3n) is 4.14. The van der Waals surface area contributed by atoms with Crippen molar-refractivity contribution in [1.29, 1.82) is 0 Å². The van der Waals surface area contributed by atoms with Gasteiger partial charge < -0.3 is 20.1 Å². The van der Waals surface area contributed by atoms with E-state index in [4.69, 9.17) is 4.74 Å². The molecule has 0 aromatic carbocycles. The highest BCUT2D eigenvalue weighted by atomic mass is 16.5. The number of rotatable bonds is 8. The molecule has 1 rings (SSSR count). The molecule has 0 radical (unpaired) electrons. The maximum absolute atomic E-state index is 9.79. The lowest BCUT2D eigenvalue weighted by molar-refractivity contribution is 0.0361. The summed E-state index contributed by atoms with van der Waals surface area (Å²) in [6.07, 6.45) is 3.54. The van der Waals surface area contributed by atoms with Gasteiger partial charge in [-0.25, -0.2) is 0 Å². The monoisotopic (exact) mass is 272 g/mol. The van der Waals surface area contributed by atoms with E-state index in [-0.39, 0.29) is 6.10 Å². The van der Waals surface area contributed by atoms with Crippen molar-refractivity contribution in [1.82, 2.24) is 10.2 Å². The zero-order chi connectivity index (χ0) is 14.3.